The predicted molar refractivity (Wildman–Crippen MR) is 131 cm³/mol. The van der Waals surface area contributed by atoms with Crippen molar-refractivity contribution in [3.05, 3.63) is 64.7 Å². The largest absolute Gasteiger partial charge is 0.454 e. The van der Waals surface area contributed by atoms with Crippen LogP contribution in [0.25, 0.3) is 0 Å². The highest BCUT2D eigenvalue weighted by Gasteiger charge is 2.28. The molecule has 0 radical (unpaired) electrons. The van der Waals surface area contributed by atoms with Crippen molar-refractivity contribution in [2.45, 2.75) is 69.1 Å². The number of piperidine rings is 1. The summed E-state index contributed by atoms with van der Waals surface area (Å²) in [6.45, 7) is 2.31. The monoisotopic (exact) mass is 483 g/mol. The number of hydrogen-bond donors (Lipinski definition) is 0. The molecule has 34 heavy (non-hydrogen) atoms. The lowest BCUT2D eigenvalue weighted by Gasteiger charge is -2.26. The van der Waals surface area contributed by atoms with Gasteiger partial charge in [-0.25, -0.2) is 13.2 Å². The van der Waals surface area contributed by atoms with E-state index in [0.29, 0.717) is 30.1 Å². The summed E-state index contributed by atoms with van der Waals surface area (Å²) in [5, 5.41) is 0. The second-order valence-electron chi connectivity index (χ2n) is 9.40. The van der Waals surface area contributed by atoms with Crippen LogP contribution in [-0.2, 0) is 14.8 Å². The van der Waals surface area contributed by atoms with Gasteiger partial charge < -0.3 is 4.74 Å². The first kappa shape index (κ1) is 24.6. The Hall–Kier alpha value is -2.51. The number of aryl methyl sites for hydroxylation is 1. The van der Waals surface area contributed by atoms with Gasteiger partial charge in [-0.1, -0.05) is 56.0 Å². The highest BCUT2D eigenvalue weighted by atomic mass is 32.2. The van der Waals surface area contributed by atoms with Crippen molar-refractivity contribution in [3.63, 3.8) is 0 Å². The van der Waals surface area contributed by atoms with Gasteiger partial charge >= 0.3 is 5.97 Å². The third kappa shape index (κ3) is 5.58. The molecule has 4 rings (SSSR count). The van der Waals surface area contributed by atoms with Gasteiger partial charge in [0.05, 0.1) is 10.5 Å². The summed E-state index contributed by atoms with van der Waals surface area (Å²) < 4.78 is 32.9. The number of ether oxygens (including phenoxy) is 1. The standard InChI is InChI=1S/C27H33NO5S/c1-20-10-11-24(18-26(20)34(31,32)28-16-6-3-7-17-28)27(30)33-19-25(29)23-14-12-22(13-15-23)21-8-4-2-5-9-21/h10-15,18,21H,2-9,16-17,19H2,1H3. The first-order valence-electron chi connectivity index (χ1n) is 12.3. The third-order valence-corrected chi connectivity index (χ3v) is 9.04. The summed E-state index contributed by atoms with van der Waals surface area (Å²) in [7, 11) is -3.68. The van der Waals surface area contributed by atoms with Gasteiger partial charge in [-0.3, -0.25) is 4.79 Å². The van der Waals surface area contributed by atoms with E-state index in [0.717, 1.165) is 19.3 Å². The van der Waals surface area contributed by atoms with Crippen LogP contribution in [0.1, 0.15) is 89.1 Å². The van der Waals surface area contributed by atoms with Crippen LogP contribution in [-0.4, -0.2) is 44.2 Å². The molecule has 6 nitrogen and oxygen atoms in total. The van der Waals surface area contributed by atoms with E-state index in [1.807, 2.05) is 12.1 Å². The van der Waals surface area contributed by atoms with E-state index >= 15 is 0 Å². The van der Waals surface area contributed by atoms with Crippen LogP contribution in [0.2, 0.25) is 0 Å². The molecule has 0 bridgehead atoms. The van der Waals surface area contributed by atoms with Gasteiger partial charge in [0.2, 0.25) is 10.0 Å². The van der Waals surface area contributed by atoms with Crippen LogP contribution < -0.4 is 0 Å². The molecular weight excluding hydrogens is 450 g/mol. The van der Waals surface area contributed by atoms with E-state index in [4.69, 9.17) is 4.74 Å². The van der Waals surface area contributed by atoms with Crippen molar-refractivity contribution in [3.8, 4) is 0 Å². The summed E-state index contributed by atoms with van der Waals surface area (Å²) in [5.41, 5.74) is 2.47. The molecule has 0 aromatic heterocycles. The Morgan fingerprint density at radius 3 is 2.18 bits per heavy atom. The Morgan fingerprint density at radius 2 is 1.50 bits per heavy atom. The van der Waals surface area contributed by atoms with Crippen LogP contribution in [0.3, 0.4) is 0 Å². The van der Waals surface area contributed by atoms with E-state index in [9.17, 15) is 18.0 Å². The maximum atomic E-state index is 13.1. The Morgan fingerprint density at radius 1 is 0.882 bits per heavy atom. The van der Waals surface area contributed by atoms with Gasteiger partial charge in [0.1, 0.15) is 0 Å². The van der Waals surface area contributed by atoms with Crippen molar-refractivity contribution in [2.75, 3.05) is 19.7 Å². The van der Waals surface area contributed by atoms with Crippen LogP contribution in [0.5, 0.6) is 0 Å². The zero-order valence-electron chi connectivity index (χ0n) is 19.8. The predicted octanol–water partition coefficient (Wildman–Crippen LogP) is 5.26. The number of Topliss-reactive ketones (excluding diaryl/α,β-unsaturated/α-hetero) is 1. The average molecular weight is 484 g/mol. The molecule has 182 valence electrons. The first-order chi connectivity index (χ1) is 16.4. The number of nitrogens with zero attached hydrogens (tertiary/aromatic N) is 1. The quantitative estimate of drug-likeness (QED) is 0.397. The second kappa shape index (κ2) is 10.8. The van der Waals surface area contributed by atoms with Gasteiger partial charge in [0.25, 0.3) is 0 Å². The summed E-state index contributed by atoms with van der Waals surface area (Å²) in [6, 6.07) is 12.1. The van der Waals surface area contributed by atoms with E-state index in [-0.39, 0.29) is 22.8 Å². The fourth-order valence-corrected chi connectivity index (χ4v) is 6.69. The zero-order chi connectivity index (χ0) is 24.1. The summed E-state index contributed by atoms with van der Waals surface area (Å²) >= 11 is 0. The second-order valence-corrected chi connectivity index (χ2v) is 11.3. The SMILES string of the molecule is Cc1ccc(C(=O)OCC(=O)c2ccc(C3CCCCC3)cc2)cc1S(=O)(=O)N1CCCCC1. The normalized spacial score (nSPS) is 17.9. The lowest BCUT2D eigenvalue weighted by Crippen LogP contribution is -2.36. The fourth-order valence-electron chi connectivity index (χ4n) is 4.92. The zero-order valence-corrected chi connectivity index (χ0v) is 20.6. The van der Waals surface area contributed by atoms with Crippen LogP contribution in [0.4, 0.5) is 0 Å². The number of sulfonamides is 1. The minimum absolute atomic E-state index is 0.119. The average Bonchev–Trinajstić information content (AvgIpc) is 2.88. The van der Waals surface area contributed by atoms with E-state index in [1.165, 1.54) is 54.1 Å². The fraction of sp³-hybridized carbons (Fsp3) is 0.481. The molecule has 2 aromatic carbocycles. The number of esters is 1. The maximum absolute atomic E-state index is 13.1. The van der Waals surface area contributed by atoms with E-state index < -0.39 is 16.0 Å². The highest BCUT2D eigenvalue weighted by molar-refractivity contribution is 7.89. The molecule has 0 atom stereocenters. The molecule has 0 unspecified atom stereocenters. The molecule has 2 aliphatic rings. The Labute approximate surface area is 202 Å². The molecule has 0 spiro atoms. The molecule has 7 heteroatoms. The molecule has 1 aliphatic carbocycles. The number of hydrogen-bond acceptors (Lipinski definition) is 5. The Balaban J connectivity index is 1.40. The molecule has 0 amide bonds. The van der Waals surface area contributed by atoms with Crippen molar-refractivity contribution >= 4 is 21.8 Å². The topological polar surface area (TPSA) is 80.8 Å². The summed E-state index contributed by atoms with van der Waals surface area (Å²) in [5.74, 6) is -0.424. The van der Waals surface area contributed by atoms with E-state index in [1.54, 1.807) is 25.1 Å². The number of carbonyl (C=O) groups excluding carboxylic acids is 2. The smallest absolute Gasteiger partial charge is 0.338 e. The van der Waals surface area contributed by atoms with Gasteiger partial charge in [-0.15, -0.1) is 0 Å². The first-order valence-corrected chi connectivity index (χ1v) is 13.7. The van der Waals surface area contributed by atoms with Gasteiger partial charge in [0, 0.05) is 18.7 Å². The number of ketones is 1. The molecule has 1 heterocycles. The Kier molecular flexibility index (Phi) is 7.84. The van der Waals surface area contributed by atoms with Crippen molar-refractivity contribution < 1.29 is 22.7 Å². The van der Waals surface area contributed by atoms with Crippen LogP contribution >= 0.6 is 0 Å². The minimum Gasteiger partial charge on any atom is -0.454 e. The third-order valence-electron chi connectivity index (χ3n) is 7.00. The Bertz CT molecular complexity index is 1130. The van der Waals surface area contributed by atoms with Crippen molar-refractivity contribution in [1.82, 2.24) is 4.31 Å². The minimum atomic E-state index is -3.68. The highest BCUT2D eigenvalue weighted by Crippen LogP contribution is 2.32. The van der Waals surface area contributed by atoms with Crippen molar-refractivity contribution in [2.24, 2.45) is 0 Å². The maximum Gasteiger partial charge on any atom is 0.338 e. The lowest BCUT2D eigenvalue weighted by atomic mass is 9.84. The molecular formula is C27H33NO5S. The van der Waals surface area contributed by atoms with Crippen LogP contribution in [0.15, 0.2) is 47.4 Å². The van der Waals surface area contributed by atoms with E-state index in [2.05, 4.69) is 0 Å². The lowest BCUT2D eigenvalue weighted by molar-refractivity contribution is 0.0474. The van der Waals surface area contributed by atoms with Gasteiger partial charge in [-0.05, 0) is 61.8 Å². The van der Waals surface area contributed by atoms with Crippen molar-refractivity contribution in [1.29, 1.82) is 0 Å². The number of carbonyl (C=O) groups is 2. The summed E-state index contributed by atoms with van der Waals surface area (Å²) in [4.78, 5) is 25.3. The molecule has 2 aromatic rings. The molecule has 1 saturated carbocycles. The van der Waals surface area contributed by atoms with Gasteiger partial charge in [-0.2, -0.15) is 4.31 Å². The van der Waals surface area contributed by atoms with Gasteiger partial charge in [0.15, 0.2) is 12.4 Å². The molecule has 0 N–H and O–H groups in total. The summed E-state index contributed by atoms with van der Waals surface area (Å²) in [6.07, 6.45) is 8.88. The number of benzene rings is 2. The molecule has 1 saturated heterocycles. The number of rotatable bonds is 7. The molecule has 1 aliphatic heterocycles. The molecule has 2 fully saturated rings. The van der Waals surface area contributed by atoms with Crippen LogP contribution in [0, 0.1) is 6.92 Å².